The second-order valence-electron chi connectivity index (χ2n) is 5.40. The molecule has 0 saturated carbocycles. The Morgan fingerprint density at radius 2 is 1.90 bits per heavy atom. The first-order chi connectivity index (χ1) is 9.56. The van der Waals surface area contributed by atoms with E-state index in [1.54, 1.807) is 0 Å². The van der Waals surface area contributed by atoms with Crippen molar-refractivity contribution in [2.24, 2.45) is 10.9 Å². The minimum Gasteiger partial charge on any atom is -0.393 e. The van der Waals surface area contributed by atoms with Crippen molar-refractivity contribution >= 4 is 11.5 Å². The summed E-state index contributed by atoms with van der Waals surface area (Å²) in [6, 6.07) is 7.96. The first-order valence-electron chi connectivity index (χ1n) is 7.09. The first-order valence-corrected chi connectivity index (χ1v) is 7.09. The molecule has 1 aromatic carbocycles. The third-order valence-corrected chi connectivity index (χ3v) is 3.35. The number of nitrogens with zero attached hydrogens (tertiary/aromatic N) is 2. The van der Waals surface area contributed by atoms with E-state index in [2.05, 4.69) is 10.1 Å². The van der Waals surface area contributed by atoms with Gasteiger partial charge in [-0.25, -0.2) is 0 Å². The van der Waals surface area contributed by atoms with Crippen LogP contribution in [0.15, 0.2) is 29.4 Å². The summed E-state index contributed by atoms with van der Waals surface area (Å²) in [5.41, 5.74) is 7.87. The van der Waals surface area contributed by atoms with Crippen molar-refractivity contribution in [1.29, 1.82) is 0 Å². The number of hydrogen-bond donors (Lipinski definition) is 2. The highest BCUT2D eigenvalue weighted by Crippen LogP contribution is 2.20. The summed E-state index contributed by atoms with van der Waals surface area (Å²) in [5, 5.41) is 13.4. The van der Waals surface area contributed by atoms with Gasteiger partial charge in [0.25, 0.3) is 0 Å². The first kappa shape index (κ1) is 14.7. The molecule has 0 aliphatic carbocycles. The van der Waals surface area contributed by atoms with Crippen LogP contribution in [0.1, 0.15) is 32.3 Å². The van der Waals surface area contributed by atoms with Gasteiger partial charge in [-0.15, -0.1) is 0 Å². The number of benzene rings is 1. The van der Waals surface area contributed by atoms with Crippen molar-refractivity contribution in [1.82, 2.24) is 0 Å². The summed E-state index contributed by atoms with van der Waals surface area (Å²) < 4.78 is 0. The highest BCUT2D eigenvalue weighted by atomic mass is 16.6. The van der Waals surface area contributed by atoms with Gasteiger partial charge in [0.15, 0.2) is 5.84 Å². The molecule has 5 nitrogen and oxygen atoms in total. The minimum absolute atomic E-state index is 0.0209. The average Bonchev–Trinajstić information content (AvgIpc) is 2.46. The lowest BCUT2D eigenvalue weighted by atomic mass is 10.1. The maximum Gasteiger partial charge on any atom is 0.170 e. The van der Waals surface area contributed by atoms with Gasteiger partial charge in [0.05, 0.1) is 6.10 Å². The molecule has 0 amide bonds. The number of piperidine rings is 1. The molecule has 110 valence electrons. The maximum atomic E-state index is 9.52. The number of oxime groups is 1. The number of anilines is 1. The zero-order chi connectivity index (χ0) is 14.5. The number of aliphatic hydroxyl groups excluding tert-OH is 1. The third-order valence-electron chi connectivity index (χ3n) is 3.35. The van der Waals surface area contributed by atoms with Crippen LogP contribution in [0.3, 0.4) is 0 Å². The van der Waals surface area contributed by atoms with Crippen molar-refractivity contribution in [3.05, 3.63) is 29.8 Å². The number of rotatable bonds is 4. The molecule has 0 radical (unpaired) electrons. The fourth-order valence-electron chi connectivity index (χ4n) is 2.18. The van der Waals surface area contributed by atoms with E-state index in [1.807, 2.05) is 38.1 Å². The molecule has 5 heteroatoms. The molecule has 0 atom stereocenters. The molecule has 0 aromatic heterocycles. The van der Waals surface area contributed by atoms with Crippen molar-refractivity contribution < 1.29 is 9.94 Å². The van der Waals surface area contributed by atoms with Crippen LogP contribution >= 0.6 is 0 Å². The molecular formula is C15H23N3O2. The number of amidine groups is 1. The van der Waals surface area contributed by atoms with E-state index in [-0.39, 0.29) is 12.2 Å². The maximum absolute atomic E-state index is 9.52. The van der Waals surface area contributed by atoms with Gasteiger partial charge in [-0.1, -0.05) is 5.16 Å². The van der Waals surface area contributed by atoms with Gasteiger partial charge in [-0.05, 0) is 51.0 Å². The van der Waals surface area contributed by atoms with E-state index in [9.17, 15) is 5.11 Å². The highest BCUT2D eigenvalue weighted by molar-refractivity contribution is 5.97. The van der Waals surface area contributed by atoms with E-state index in [1.165, 1.54) is 0 Å². The van der Waals surface area contributed by atoms with E-state index in [0.29, 0.717) is 5.84 Å². The van der Waals surface area contributed by atoms with E-state index in [0.717, 1.165) is 37.2 Å². The zero-order valence-corrected chi connectivity index (χ0v) is 12.1. The quantitative estimate of drug-likeness (QED) is 0.499. The molecule has 1 saturated heterocycles. The summed E-state index contributed by atoms with van der Waals surface area (Å²) in [5.74, 6) is 0.388. The highest BCUT2D eigenvalue weighted by Gasteiger charge is 2.17. The molecule has 1 aliphatic heterocycles. The molecule has 0 spiro atoms. The van der Waals surface area contributed by atoms with Crippen LogP contribution in [-0.2, 0) is 4.84 Å². The third kappa shape index (κ3) is 3.87. The number of hydrogen-bond acceptors (Lipinski definition) is 4. The Morgan fingerprint density at radius 3 is 2.45 bits per heavy atom. The Labute approximate surface area is 120 Å². The normalized spacial score (nSPS) is 17.6. The minimum atomic E-state index is -0.151. The van der Waals surface area contributed by atoms with Crippen molar-refractivity contribution in [2.45, 2.75) is 38.9 Å². The number of aliphatic hydroxyl groups is 1. The monoisotopic (exact) mass is 277 g/mol. The molecule has 1 aromatic rings. The fraction of sp³-hybridized carbons (Fsp3) is 0.533. The van der Waals surface area contributed by atoms with Crippen LogP contribution in [0.25, 0.3) is 0 Å². The van der Waals surface area contributed by atoms with Gasteiger partial charge in [-0.2, -0.15) is 0 Å². The van der Waals surface area contributed by atoms with Crippen molar-refractivity contribution in [3.8, 4) is 0 Å². The lowest BCUT2D eigenvalue weighted by molar-refractivity contribution is 0.0858. The molecule has 0 bridgehead atoms. The average molecular weight is 277 g/mol. The van der Waals surface area contributed by atoms with Crippen LogP contribution in [0, 0.1) is 0 Å². The molecule has 0 unspecified atom stereocenters. The topological polar surface area (TPSA) is 71.1 Å². The lowest BCUT2D eigenvalue weighted by Crippen LogP contribution is -2.35. The smallest absolute Gasteiger partial charge is 0.170 e. The summed E-state index contributed by atoms with van der Waals surface area (Å²) in [4.78, 5) is 7.41. The second-order valence-corrected chi connectivity index (χ2v) is 5.40. The van der Waals surface area contributed by atoms with E-state index in [4.69, 9.17) is 10.6 Å². The summed E-state index contributed by atoms with van der Waals surface area (Å²) in [6.45, 7) is 5.59. The Kier molecular flexibility index (Phi) is 4.84. The van der Waals surface area contributed by atoms with Crippen LogP contribution in [0.4, 0.5) is 5.69 Å². The molecule has 2 rings (SSSR count). The largest absolute Gasteiger partial charge is 0.393 e. The van der Waals surface area contributed by atoms with Crippen LogP contribution in [-0.4, -0.2) is 36.2 Å². The Morgan fingerprint density at radius 1 is 1.30 bits per heavy atom. The van der Waals surface area contributed by atoms with Crippen LogP contribution < -0.4 is 10.6 Å². The van der Waals surface area contributed by atoms with Gasteiger partial charge in [-0.3, -0.25) is 0 Å². The van der Waals surface area contributed by atoms with Gasteiger partial charge < -0.3 is 20.6 Å². The summed E-state index contributed by atoms with van der Waals surface area (Å²) in [7, 11) is 0. The Hall–Kier alpha value is -1.75. The summed E-state index contributed by atoms with van der Waals surface area (Å²) in [6.07, 6.45) is 1.52. The van der Waals surface area contributed by atoms with Gasteiger partial charge in [0.1, 0.15) is 6.10 Å². The van der Waals surface area contributed by atoms with E-state index < -0.39 is 0 Å². The van der Waals surface area contributed by atoms with Crippen molar-refractivity contribution in [3.63, 3.8) is 0 Å². The van der Waals surface area contributed by atoms with Gasteiger partial charge in [0.2, 0.25) is 0 Å². The zero-order valence-electron chi connectivity index (χ0n) is 12.1. The van der Waals surface area contributed by atoms with Gasteiger partial charge >= 0.3 is 0 Å². The predicted octanol–water partition coefficient (Wildman–Crippen LogP) is 1.69. The van der Waals surface area contributed by atoms with E-state index >= 15 is 0 Å². The molecule has 3 N–H and O–H groups in total. The molecular weight excluding hydrogens is 254 g/mol. The lowest BCUT2D eigenvalue weighted by Gasteiger charge is -2.31. The molecule has 1 fully saturated rings. The standard InChI is InChI=1S/C15H23N3O2/c1-11(2)20-17-15(16)12-3-5-13(6-4-12)18-9-7-14(19)8-10-18/h3-6,11,14,19H,7-10H2,1-2H3,(H2,16,17). The van der Waals surface area contributed by atoms with Gasteiger partial charge in [0, 0.05) is 24.3 Å². The SMILES string of the molecule is CC(C)O/N=C(/N)c1ccc(N2CCC(O)CC2)cc1. The summed E-state index contributed by atoms with van der Waals surface area (Å²) >= 11 is 0. The predicted molar refractivity (Wildman–Crippen MR) is 80.8 cm³/mol. The van der Waals surface area contributed by atoms with Crippen LogP contribution in [0.5, 0.6) is 0 Å². The molecule has 20 heavy (non-hydrogen) atoms. The molecule has 1 aliphatic rings. The van der Waals surface area contributed by atoms with Crippen molar-refractivity contribution in [2.75, 3.05) is 18.0 Å². The molecule has 1 heterocycles. The Balaban J connectivity index is 2.01. The second kappa shape index (κ2) is 6.61. The number of nitrogens with two attached hydrogens (primary N) is 1. The Bertz CT molecular complexity index is 449. The van der Waals surface area contributed by atoms with Crippen LogP contribution in [0.2, 0.25) is 0 Å². The fourth-order valence-corrected chi connectivity index (χ4v) is 2.18.